The van der Waals surface area contributed by atoms with Crippen LogP contribution < -0.4 is 5.32 Å². The van der Waals surface area contributed by atoms with Crippen LogP contribution in [0.3, 0.4) is 0 Å². The molecule has 1 fully saturated rings. The first-order chi connectivity index (χ1) is 11.3. The molecule has 6 heteroatoms. The van der Waals surface area contributed by atoms with Crippen molar-refractivity contribution in [1.82, 2.24) is 9.62 Å². The maximum Gasteiger partial charge on any atom is 0.211 e. The molecule has 0 unspecified atom stereocenters. The highest BCUT2D eigenvalue weighted by molar-refractivity contribution is 7.88. The minimum atomic E-state index is -3.36. The molecule has 0 radical (unpaired) electrons. The van der Waals surface area contributed by atoms with Crippen molar-refractivity contribution in [3.05, 3.63) is 41.5 Å². The maximum atomic E-state index is 12.1. The molecule has 5 nitrogen and oxygen atoms in total. The Bertz CT molecular complexity index is 668. The number of nitrogens with one attached hydrogen (secondary N) is 1. The van der Waals surface area contributed by atoms with Crippen molar-refractivity contribution in [3.63, 3.8) is 0 Å². The van der Waals surface area contributed by atoms with Gasteiger partial charge in [-0.15, -0.1) is 0 Å². The van der Waals surface area contributed by atoms with E-state index in [-0.39, 0.29) is 24.6 Å². The minimum absolute atomic E-state index is 0.00405. The second-order valence-electron chi connectivity index (χ2n) is 6.67. The zero-order valence-corrected chi connectivity index (χ0v) is 15.6. The first kappa shape index (κ1) is 19.1. The van der Waals surface area contributed by atoms with E-state index in [1.54, 1.807) is 0 Å². The number of allylic oxidation sites excluding steroid dienone is 1. The topological polar surface area (TPSA) is 69.6 Å². The summed E-state index contributed by atoms with van der Waals surface area (Å²) in [6.45, 7) is 6.44. The fraction of sp³-hybridized carbons (Fsp3) is 0.556. The molecule has 0 aliphatic carbocycles. The van der Waals surface area contributed by atoms with Gasteiger partial charge in [0, 0.05) is 24.5 Å². The summed E-state index contributed by atoms with van der Waals surface area (Å²) in [4.78, 5) is 0. The van der Waals surface area contributed by atoms with Crippen LogP contribution in [0.5, 0.6) is 0 Å². The van der Waals surface area contributed by atoms with Gasteiger partial charge in [0.1, 0.15) is 0 Å². The molecule has 0 bridgehead atoms. The van der Waals surface area contributed by atoms with E-state index in [1.165, 1.54) is 10.6 Å². The molecule has 1 aromatic carbocycles. The van der Waals surface area contributed by atoms with Crippen LogP contribution in [0.1, 0.15) is 37.8 Å². The van der Waals surface area contributed by atoms with Gasteiger partial charge in [-0.3, -0.25) is 0 Å². The predicted molar refractivity (Wildman–Crippen MR) is 98.4 cm³/mol. The number of aliphatic hydroxyl groups excluding tert-OH is 1. The second kappa shape index (κ2) is 7.78. The van der Waals surface area contributed by atoms with Gasteiger partial charge in [0.2, 0.25) is 10.0 Å². The third kappa shape index (κ3) is 4.06. The van der Waals surface area contributed by atoms with Gasteiger partial charge in [0.25, 0.3) is 0 Å². The lowest BCUT2D eigenvalue weighted by atomic mass is 9.77. The van der Waals surface area contributed by atoms with Gasteiger partial charge in [-0.05, 0) is 18.1 Å². The molecule has 0 aromatic heterocycles. The number of benzene rings is 1. The van der Waals surface area contributed by atoms with Crippen LogP contribution in [-0.2, 0) is 10.0 Å². The molecule has 2 rings (SSSR count). The molecular formula is C18H28N2O3S. The zero-order valence-electron chi connectivity index (χ0n) is 14.8. The summed E-state index contributed by atoms with van der Waals surface area (Å²) < 4.78 is 25.7. The molecular weight excluding hydrogens is 324 g/mol. The summed E-state index contributed by atoms with van der Waals surface area (Å²) in [6, 6.07) is 7.82. The van der Waals surface area contributed by atoms with Crippen molar-refractivity contribution in [2.75, 3.05) is 19.4 Å². The van der Waals surface area contributed by atoms with Crippen LogP contribution in [0, 0.1) is 0 Å². The largest absolute Gasteiger partial charge is 0.395 e. The third-order valence-corrected chi connectivity index (χ3v) is 5.78. The zero-order chi connectivity index (χ0) is 17.9. The Morgan fingerprint density at radius 3 is 2.33 bits per heavy atom. The van der Waals surface area contributed by atoms with Crippen LogP contribution >= 0.6 is 0 Å². The fourth-order valence-electron chi connectivity index (χ4n) is 3.44. The van der Waals surface area contributed by atoms with Gasteiger partial charge in [-0.2, -0.15) is 4.31 Å². The van der Waals surface area contributed by atoms with E-state index in [0.717, 1.165) is 11.1 Å². The lowest BCUT2D eigenvalue weighted by Gasteiger charge is -2.53. The standard InChI is InChI=1S/C18H28N2O3S/c1-5-6-14-7-9-15(10-8-14)18-16(11-19-13(2)3)20(17(18)12-21)24(4,22)23/h5-10,13,16-19,21H,11-12H2,1-4H3/b6-5+/t16-,17+,18+/m0/s1. The van der Waals surface area contributed by atoms with Crippen LogP contribution in [0.2, 0.25) is 0 Å². The summed E-state index contributed by atoms with van der Waals surface area (Å²) >= 11 is 0. The Hall–Kier alpha value is -1.21. The smallest absolute Gasteiger partial charge is 0.211 e. The maximum absolute atomic E-state index is 12.1. The first-order valence-electron chi connectivity index (χ1n) is 8.35. The molecule has 0 amide bonds. The molecule has 0 spiro atoms. The average Bonchev–Trinajstić information content (AvgIpc) is 2.47. The van der Waals surface area contributed by atoms with Crippen molar-refractivity contribution in [2.24, 2.45) is 0 Å². The first-order valence-corrected chi connectivity index (χ1v) is 10.2. The van der Waals surface area contributed by atoms with E-state index in [1.807, 2.05) is 57.2 Å². The number of aliphatic hydroxyl groups is 1. The summed E-state index contributed by atoms with van der Waals surface area (Å²) in [7, 11) is -3.36. The molecule has 1 heterocycles. The Balaban J connectivity index is 2.30. The van der Waals surface area contributed by atoms with Crippen LogP contribution in [0.25, 0.3) is 6.08 Å². The monoisotopic (exact) mass is 352 g/mol. The molecule has 1 aliphatic rings. The summed E-state index contributed by atoms with van der Waals surface area (Å²) in [5.74, 6) is -0.00405. The van der Waals surface area contributed by atoms with E-state index >= 15 is 0 Å². The summed E-state index contributed by atoms with van der Waals surface area (Å²) in [5, 5.41) is 13.1. The Labute approximate surface area is 145 Å². The van der Waals surface area contributed by atoms with Gasteiger partial charge < -0.3 is 10.4 Å². The Kier molecular flexibility index (Phi) is 6.20. The fourth-order valence-corrected chi connectivity index (χ4v) is 4.83. The molecule has 1 aliphatic heterocycles. The number of hydrogen-bond donors (Lipinski definition) is 2. The van der Waals surface area contributed by atoms with E-state index in [2.05, 4.69) is 5.32 Å². The van der Waals surface area contributed by atoms with E-state index in [9.17, 15) is 13.5 Å². The van der Waals surface area contributed by atoms with Gasteiger partial charge in [-0.1, -0.05) is 50.3 Å². The average molecular weight is 353 g/mol. The van der Waals surface area contributed by atoms with E-state index < -0.39 is 16.1 Å². The number of rotatable bonds is 7. The second-order valence-corrected chi connectivity index (χ2v) is 8.55. The van der Waals surface area contributed by atoms with Crippen LogP contribution in [0.15, 0.2) is 30.3 Å². The predicted octanol–water partition coefficient (Wildman–Crippen LogP) is 1.81. The van der Waals surface area contributed by atoms with Crippen molar-refractivity contribution >= 4 is 16.1 Å². The molecule has 24 heavy (non-hydrogen) atoms. The summed E-state index contributed by atoms with van der Waals surface area (Å²) in [5.41, 5.74) is 2.18. The number of hydrogen-bond acceptors (Lipinski definition) is 4. The lowest BCUT2D eigenvalue weighted by molar-refractivity contribution is 0.0284. The highest BCUT2D eigenvalue weighted by Crippen LogP contribution is 2.42. The highest BCUT2D eigenvalue weighted by Gasteiger charge is 2.52. The summed E-state index contributed by atoms with van der Waals surface area (Å²) in [6.07, 6.45) is 5.22. The Morgan fingerprint density at radius 1 is 1.25 bits per heavy atom. The molecule has 1 saturated heterocycles. The molecule has 0 saturated carbocycles. The normalized spacial score (nSPS) is 25.3. The van der Waals surface area contributed by atoms with Crippen molar-refractivity contribution in [3.8, 4) is 0 Å². The van der Waals surface area contributed by atoms with E-state index in [0.29, 0.717) is 6.54 Å². The number of nitrogens with zero attached hydrogens (tertiary/aromatic N) is 1. The van der Waals surface area contributed by atoms with Gasteiger partial charge in [0.05, 0.1) is 18.9 Å². The van der Waals surface area contributed by atoms with Crippen molar-refractivity contribution in [1.29, 1.82) is 0 Å². The van der Waals surface area contributed by atoms with Crippen molar-refractivity contribution < 1.29 is 13.5 Å². The van der Waals surface area contributed by atoms with Crippen LogP contribution in [0.4, 0.5) is 0 Å². The van der Waals surface area contributed by atoms with Crippen molar-refractivity contribution in [2.45, 2.75) is 44.8 Å². The quantitative estimate of drug-likeness (QED) is 0.785. The van der Waals surface area contributed by atoms with Gasteiger partial charge in [-0.25, -0.2) is 8.42 Å². The van der Waals surface area contributed by atoms with Gasteiger partial charge in [0.15, 0.2) is 0 Å². The van der Waals surface area contributed by atoms with Crippen LogP contribution in [-0.4, -0.2) is 55.4 Å². The van der Waals surface area contributed by atoms with E-state index in [4.69, 9.17) is 0 Å². The van der Waals surface area contributed by atoms with Gasteiger partial charge >= 0.3 is 0 Å². The minimum Gasteiger partial charge on any atom is -0.395 e. The lowest BCUT2D eigenvalue weighted by Crippen LogP contribution is -2.68. The number of sulfonamides is 1. The molecule has 1 aromatic rings. The SMILES string of the molecule is C/C=C/c1ccc([C@H]2[C@@H](CO)N(S(C)(=O)=O)[C@H]2CNC(C)C)cc1. The highest BCUT2D eigenvalue weighted by atomic mass is 32.2. The molecule has 3 atom stereocenters. The molecule has 2 N–H and O–H groups in total. The third-order valence-electron chi connectivity index (χ3n) is 4.47. The Morgan fingerprint density at radius 2 is 1.88 bits per heavy atom. The molecule has 134 valence electrons.